The number of nitrogens with one attached hydrogen (secondary N) is 1. The molecular formula is C17H28N2O2. The predicted molar refractivity (Wildman–Crippen MR) is 85.4 cm³/mol. The Labute approximate surface area is 128 Å². The molecule has 0 radical (unpaired) electrons. The zero-order valence-electron chi connectivity index (χ0n) is 13.6. The highest BCUT2D eigenvalue weighted by Gasteiger charge is 2.26. The zero-order chi connectivity index (χ0) is 15.9. The van der Waals surface area contributed by atoms with Crippen LogP contribution in [0.4, 0.5) is 0 Å². The first kappa shape index (κ1) is 17.6. The second kappa shape index (κ2) is 8.13. The molecular weight excluding hydrogens is 264 g/mol. The first-order valence-electron chi connectivity index (χ1n) is 7.83. The average molecular weight is 292 g/mol. The van der Waals surface area contributed by atoms with Crippen LogP contribution in [-0.2, 0) is 0 Å². The molecule has 0 spiro atoms. The highest BCUT2D eigenvalue weighted by atomic mass is 16.3. The largest absolute Gasteiger partial charge is 0.396 e. The van der Waals surface area contributed by atoms with Crippen molar-refractivity contribution in [2.24, 2.45) is 5.41 Å². The first-order valence-corrected chi connectivity index (χ1v) is 7.83. The summed E-state index contributed by atoms with van der Waals surface area (Å²) < 4.78 is 0. The minimum Gasteiger partial charge on any atom is -0.396 e. The van der Waals surface area contributed by atoms with Gasteiger partial charge in [0.2, 0.25) is 0 Å². The van der Waals surface area contributed by atoms with Gasteiger partial charge in [-0.15, -0.1) is 0 Å². The lowest BCUT2D eigenvalue weighted by Crippen LogP contribution is -2.37. The monoisotopic (exact) mass is 292 g/mol. The molecule has 0 aromatic carbocycles. The van der Waals surface area contributed by atoms with Crippen LogP contribution in [0.3, 0.4) is 0 Å². The summed E-state index contributed by atoms with van der Waals surface area (Å²) in [6.45, 7) is 9.10. The number of aliphatic hydroxyl groups excluding tert-OH is 1. The Morgan fingerprint density at radius 3 is 2.43 bits per heavy atom. The molecule has 0 aliphatic rings. The second-order valence-electron chi connectivity index (χ2n) is 5.99. The Hall–Kier alpha value is -1.42. The van der Waals surface area contributed by atoms with E-state index in [-0.39, 0.29) is 17.9 Å². The van der Waals surface area contributed by atoms with Gasteiger partial charge < -0.3 is 10.4 Å². The van der Waals surface area contributed by atoms with E-state index >= 15 is 0 Å². The van der Waals surface area contributed by atoms with Crippen LogP contribution in [0.25, 0.3) is 0 Å². The SMILES string of the molecule is CCC(CC)(CCO)CNC(=O)c1ccc(C(C)C)nc1. The van der Waals surface area contributed by atoms with Crippen molar-refractivity contribution in [3.05, 3.63) is 29.6 Å². The Morgan fingerprint density at radius 1 is 1.33 bits per heavy atom. The number of rotatable bonds is 8. The fourth-order valence-corrected chi connectivity index (χ4v) is 2.43. The Bertz CT molecular complexity index is 437. The van der Waals surface area contributed by atoms with Crippen molar-refractivity contribution in [3.63, 3.8) is 0 Å². The summed E-state index contributed by atoms with van der Waals surface area (Å²) in [7, 11) is 0. The normalized spacial score (nSPS) is 11.7. The third kappa shape index (κ3) is 4.81. The van der Waals surface area contributed by atoms with Gasteiger partial charge in [-0.25, -0.2) is 0 Å². The van der Waals surface area contributed by atoms with Crippen LogP contribution >= 0.6 is 0 Å². The minimum atomic E-state index is -0.0954. The summed E-state index contributed by atoms with van der Waals surface area (Å²) in [6, 6.07) is 3.73. The van der Waals surface area contributed by atoms with Gasteiger partial charge >= 0.3 is 0 Å². The van der Waals surface area contributed by atoms with Crippen LogP contribution in [-0.4, -0.2) is 29.1 Å². The van der Waals surface area contributed by atoms with Crippen molar-refractivity contribution in [2.75, 3.05) is 13.2 Å². The van der Waals surface area contributed by atoms with Crippen molar-refractivity contribution in [2.45, 2.75) is 52.9 Å². The fourth-order valence-electron chi connectivity index (χ4n) is 2.43. The van der Waals surface area contributed by atoms with E-state index in [1.807, 2.05) is 12.1 Å². The number of aromatic nitrogens is 1. The number of carbonyl (C=O) groups excluding carboxylic acids is 1. The maximum Gasteiger partial charge on any atom is 0.252 e. The number of aliphatic hydroxyl groups is 1. The number of hydrogen-bond acceptors (Lipinski definition) is 3. The van der Waals surface area contributed by atoms with Crippen molar-refractivity contribution >= 4 is 5.91 Å². The molecule has 1 aromatic heterocycles. The molecule has 1 heterocycles. The van der Waals surface area contributed by atoms with Gasteiger partial charge in [-0.1, -0.05) is 27.7 Å². The number of nitrogens with zero attached hydrogens (tertiary/aromatic N) is 1. The van der Waals surface area contributed by atoms with E-state index in [0.29, 0.717) is 24.4 Å². The van der Waals surface area contributed by atoms with Gasteiger partial charge in [-0.05, 0) is 42.7 Å². The summed E-state index contributed by atoms with van der Waals surface area (Å²) in [5.74, 6) is 0.265. The summed E-state index contributed by atoms with van der Waals surface area (Å²) in [5, 5.41) is 12.2. The molecule has 4 heteroatoms. The molecule has 118 valence electrons. The van der Waals surface area contributed by atoms with Crippen molar-refractivity contribution < 1.29 is 9.90 Å². The third-order valence-electron chi connectivity index (χ3n) is 4.41. The Balaban J connectivity index is 2.67. The van der Waals surface area contributed by atoms with Crippen LogP contribution < -0.4 is 5.32 Å². The van der Waals surface area contributed by atoms with Crippen molar-refractivity contribution in [1.29, 1.82) is 0 Å². The maximum absolute atomic E-state index is 12.2. The highest BCUT2D eigenvalue weighted by molar-refractivity contribution is 5.93. The van der Waals surface area contributed by atoms with E-state index in [9.17, 15) is 9.90 Å². The van der Waals surface area contributed by atoms with Crippen molar-refractivity contribution in [1.82, 2.24) is 10.3 Å². The third-order valence-corrected chi connectivity index (χ3v) is 4.41. The predicted octanol–water partition coefficient (Wildman–Crippen LogP) is 3.12. The van der Waals surface area contributed by atoms with Crippen LogP contribution in [0.2, 0.25) is 0 Å². The molecule has 0 saturated carbocycles. The Morgan fingerprint density at radius 2 is 2.00 bits per heavy atom. The topological polar surface area (TPSA) is 62.2 Å². The quantitative estimate of drug-likeness (QED) is 0.774. The van der Waals surface area contributed by atoms with E-state index in [0.717, 1.165) is 18.5 Å². The maximum atomic E-state index is 12.2. The lowest BCUT2D eigenvalue weighted by atomic mass is 9.79. The van der Waals surface area contributed by atoms with Gasteiger partial charge in [0.05, 0.1) is 5.56 Å². The van der Waals surface area contributed by atoms with Crippen LogP contribution in [0.5, 0.6) is 0 Å². The standard InChI is InChI=1S/C17H28N2O2/c1-5-17(6-2,9-10-20)12-19-16(21)14-7-8-15(13(3)4)18-11-14/h7-8,11,13,20H,5-6,9-10,12H2,1-4H3,(H,19,21). The van der Waals surface area contributed by atoms with Gasteiger partial charge in [0, 0.05) is 25.0 Å². The molecule has 0 aliphatic heterocycles. The molecule has 0 atom stereocenters. The molecule has 0 bridgehead atoms. The molecule has 0 fully saturated rings. The van der Waals surface area contributed by atoms with Crippen molar-refractivity contribution in [3.8, 4) is 0 Å². The summed E-state index contributed by atoms with van der Waals surface area (Å²) >= 11 is 0. The summed E-state index contributed by atoms with van der Waals surface area (Å²) in [6.07, 6.45) is 4.23. The fraction of sp³-hybridized carbons (Fsp3) is 0.647. The second-order valence-corrected chi connectivity index (χ2v) is 5.99. The van der Waals surface area contributed by atoms with E-state index in [4.69, 9.17) is 0 Å². The smallest absolute Gasteiger partial charge is 0.252 e. The number of pyridine rings is 1. The number of hydrogen-bond donors (Lipinski definition) is 2. The molecule has 4 nitrogen and oxygen atoms in total. The van der Waals surface area contributed by atoms with Crippen LogP contribution in [0.1, 0.15) is 68.9 Å². The van der Waals surface area contributed by atoms with Gasteiger partial charge in [-0.3, -0.25) is 9.78 Å². The molecule has 1 rings (SSSR count). The van der Waals surface area contributed by atoms with E-state index in [1.165, 1.54) is 0 Å². The molecule has 2 N–H and O–H groups in total. The van der Waals surface area contributed by atoms with Crippen LogP contribution in [0.15, 0.2) is 18.3 Å². The lowest BCUT2D eigenvalue weighted by molar-refractivity contribution is 0.0907. The summed E-state index contributed by atoms with van der Waals surface area (Å²) in [4.78, 5) is 16.5. The van der Waals surface area contributed by atoms with Crippen LogP contribution in [0, 0.1) is 5.41 Å². The lowest BCUT2D eigenvalue weighted by Gasteiger charge is -2.31. The summed E-state index contributed by atoms with van der Waals surface area (Å²) in [5.41, 5.74) is 1.56. The minimum absolute atomic E-state index is 0.0181. The molecule has 1 amide bonds. The Kier molecular flexibility index (Phi) is 6.82. The first-order chi connectivity index (χ1) is 9.98. The highest BCUT2D eigenvalue weighted by Crippen LogP contribution is 2.29. The van der Waals surface area contributed by atoms with Gasteiger partial charge in [0.25, 0.3) is 5.91 Å². The van der Waals surface area contributed by atoms with E-state index in [2.05, 4.69) is 38.0 Å². The van der Waals surface area contributed by atoms with Gasteiger partial charge in [0.1, 0.15) is 0 Å². The molecule has 0 saturated heterocycles. The molecule has 21 heavy (non-hydrogen) atoms. The molecule has 1 aromatic rings. The molecule has 0 aliphatic carbocycles. The van der Waals surface area contributed by atoms with Gasteiger partial charge in [-0.2, -0.15) is 0 Å². The number of amides is 1. The zero-order valence-corrected chi connectivity index (χ0v) is 13.6. The number of carbonyl (C=O) groups is 1. The molecule has 0 unspecified atom stereocenters. The van der Waals surface area contributed by atoms with Gasteiger partial charge in [0.15, 0.2) is 0 Å². The van der Waals surface area contributed by atoms with E-state index in [1.54, 1.807) is 6.20 Å². The average Bonchev–Trinajstić information content (AvgIpc) is 2.51. The van der Waals surface area contributed by atoms with E-state index < -0.39 is 0 Å².